The zero-order chi connectivity index (χ0) is 16.4. The summed E-state index contributed by atoms with van der Waals surface area (Å²) in [6.07, 6.45) is 0.822. The van der Waals surface area contributed by atoms with E-state index in [0.717, 1.165) is 29.7 Å². The molecule has 0 N–H and O–H groups in total. The number of nitro groups is 2. The Morgan fingerprint density at radius 2 is 1.70 bits per heavy atom. The summed E-state index contributed by atoms with van der Waals surface area (Å²) >= 11 is 0. The van der Waals surface area contributed by atoms with E-state index >= 15 is 0 Å². The molecule has 2 aromatic carbocycles. The van der Waals surface area contributed by atoms with Crippen LogP contribution >= 0.6 is 0 Å². The summed E-state index contributed by atoms with van der Waals surface area (Å²) in [5.74, 6) is 0. The summed E-state index contributed by atoms with van der Waals surface area (Å²) in [4.78, 5) is 23.1. The summed E-state index contributed by atoms with van der Waals surface area (Å²) in [5.41, 5.74) is 3.13. The van der Waals surface area contributed by atoms with E-state index in [9.17, 15) is 20.2 Å². The molecule has 3 rings (SSSR count). The van der Waals surface area contributed by atoms with E-state index in [0.29, 0.717) is 13.1 Å². The van der Waals surface area contributed by atoms with E-state index in [1.54, 1.807) is 18.2 Å². The van der Waals surface area contributed by atoms with Gasteiger partial charge in [0.1, 0.15) is 0 Å². The van der Waals surface area contributed by atoms with E-state index < -0.39 is 4.92 Å². The van der Waals surface area contributed by atoms with Gasteiger partial charge in [-0.15, -0.1) is 0 Å². The van der Waals surface area contributed by atoms with E-state index in [2.05, 4.69) is 4.90 Å². The van der Waals surface area contributed by atoms with Crippen molar-refractivity contribution in [2.24, 2.45) is 0 Å². The molecule has 0 saturated carbocycles. The molecule has 0 saturated heterocycles. The lowest BCUT2D eigenvalue weighted by molar-refractivity contribution is -0.385. The van der Waals surface area contributed by atoms with Crippen LogP contribution in [-0.2, 0) is 19.5 Å². The second kappa shape index (κ2) is 6.13. The molecule has 0 aromatic heterocycles. The van der Waals surface area contributed by atoms with Crippen LogP contribution < -0.4 is 0 Å². The van der Waals surface area contributed by atoms with Gasteiger partial charge in [-0.3, -0.25) is 25.1 Å². The number of rotatable bonds is 4. The Morgan fingerprint density at radius 1 is 0.957 bits per heavy atom. The number of hydrogen-bond donors (Lipinski definition) is 0. The first kappa shape index (κ1) is 15.1. The highest BCUT2D eigenvalue weighted by atomic mass is 16.6. The van der Waals surface area contributed by atoms with Gasteiger partial charge < -0.3 is 0 Å². The Labute approximate surface area is 132 Å². The third-order valence-electron chi connectivity index (χ3n) is 4.02. The second-order valence-electron chi connectivity index (χ2n) is 5.60. The molecule has 7 nitrogen and oxygen atoms in total. The molecule has 0 radical (unpaired) electrons. The minimum Gasteiger partial charge on any atom is -0.294 e. The van der Waals surface area contributed by atoms with Crippen molar-refractivity contribution in [3.05, 3.63) is 79.4 Å². The molecule has 0 aliphatic carbocycles. The maximum absolute atomic E-state index is 10.9. The topological polar surface area (TPSA) is 89.5 Å². The highest BCUT2D eigenvalue weighted by molar-refractivity contribution is 5.41. The average Bonchev–Trinajstić information content (AvgIpc) is 2.54. The van der Waals surface area contributed by atoms with Crippen molar-refractivity contribution < 1.29 is 9.85 Å². The molecule has 0 spiro atoms. The van der Waals surface area contributed by atoms with Gasteiger partial charge in [-0.1, -0.05) is 18.2 Å². The van der Waals surface area contributed by atoms with Crippen LogP contribution in [0.2, 0.25) is 0 Å². The van der Waals surface area contributed by atoms with Crippen LogP contribution in [0, 0.1) is 20.2 Å². The number of hydrogen-bond acceptors (Lipinski definition) is 5. The molecule has 0 atom stereocenters. The first-order valence-electron chi connectivity index (χ1n) is 7.25. The summed E-state index contributed by atoms with van der Waals surface area (Å²) in [7, 11) is 0. The van der Waals surface area contributed by atoms with Gasteiger partial charge in [0.15, 0.2) is 0 Å². The fourth-order valence-corrected chi connectivity index (χ4v) is 2.88. The Hall–Kier alpha value is -2.80. The first-order chi connectivity index (χ1) is 11.0. The summed E-state index contributed by atoms with van der Waals surface area (Å²) in [5, 5.41) is 21.7. The molecule has 1 aliphatic rings. The maximum atomic E-state index is 10.9. The lowest BCUT2D eigenvalue weighted by Gasteiger charge is -2.28. The largest absolute Gasteiger partial charge is 0.294 e. The number of nitro benzene ring substituents is 2. The normalized spacial score (nSPS) is 14.3. The molecule has 1 heterocycles. The van der Waals surface area contributed by atoms with Crippen molar-refractivity contribution in [3.63, 3.8) is 0 Å². The van der Waals surface area contributed by atoms with Crippen LogP contribution in [-0.4, -0.2) is 21.3 Å². The number of nitrogens with zero attached hydrogens (tertiary/aromatic N) is 3. The molecule has 7 heteroatoms. The smallest absolute Gasteiger partial charge is 0.269 e. The minimum atomic E-state index is -0.404. The lowest BCUT2D eigenvalue weighted by Crippen LogP contribution is -2.30. The predicted octanol–water partition coefficient (Wildman–Crippen LogP) is 3.06. The molecule has 0 bridgehead atoms. The highest BCUT2D eigenvalue weighted by Gasteiger charge is 2.19. The zero-order valence-corrected chi connectivity index (χ0v) is 12.3. The summed E-state index contributed by atoms with van der Waals surface area (Å²) in [6.45, 7) is 2.02. The van der Waals surface area contributed by atoms with Crippen LogP contribution in [0.4, 0.5) is 11.4 Å². The van der Waals surface area contributed by atoms with Crippen molar-refractivity contribution in [1.29, 1.82) is 0 Å². The summed E-state index contributed by atoms with van der Waals surface area (Å²) in [6, 6.07) is 11.6. The van der Waals surface area contributed by atoms with Crippen LogP contribution in [0.1, 0.15) is 16.7 Å². The lowest BCUT2D eigenvalue weighted by atomic mass is 9.98. The van der Waals surface area contributed by atoms with Crippen molar-refractivity contribution in [2.75, 3.05) is 6.54 Å². The molecule has 118 valence electrons. The number of non-ortho nitro benzene ring substituents is 2. The van der Waals surface area contributed by atoms with E-state index in [-0.39, 0.29) is 16.3 Å². The Morgan fingerprint density at radius 3 is 2.43 bits per heavy atom. The maximum Gasteiger partial charge on any atom is 0.269 e. The Bertz CT molecular complexity index is 776. The first-order valence-corrected chi connectivity index (χ1v) is 7.25. The quantitative estimate of drug-likeness (QED) is 0.639. The fraction of sp³-hybridized carbons (Fsp3) is 0.250. The molecule has 0 amide bonds. The Balaban J connectivity index is 1.76. The van der Waals surface area contributed by atoms with Crippen molar-refractivity contribution in [1.82, 2.24) is 4.90 Å². The predicted molar refractivity (Wildman–Crippen MR) is 84.0 cm³/mol. The van der Waals surface area contributed by atoms with Crippen molar-refractivity contribution in [3.8, 4) is 0 Å². The second-order valence-corrected chi connectivity index (χ2v) is 5.60. The molecule has 0 fully saturated rings. The number of benzene rings is 2. The van der Waals surface area contributed by atoms with Gasteiger partial charge in [-0.25, -0.2) is 0 Å². The average molecular weight is 313 g/mol. The van der Waals surface area contributed by atoms with Gasteiger partial charge >= 0.3 is 0 Å². The van der Waals surface area contributed by atoms with Gasteiger partial charge in [0.2, 0.25) is 0 Å². The van der Waals surface area contributed by atoms with Crippen LogP contribution in [0.15, 0.2) is 42.5 Å². The van der Waals surface area contributed by atoms with Gasteiger partial charge in [0, 0.05) is 43.9 Å². The fourth-order valence-electron chi connectivity index (χ4n) is 2.88. The monoisotopic (exact) mass is 313 g/mol. The van der Waals surface area contributed by atoms with Crippen molar-refractivity contribution in [2.45, 2.75) is 19.5 Å². The molecule has 2 aromatic rings. The van der Waals surface area contributed by atoms with Crippen LogP contribution in [0.3, 0.4) is 0 Å². The third-order valence-corrected chi connectivity index (χ3v) is 4.02. The van der Waals surface area contributed by atoms with Gasteiger partial charge in [-0.2, -0.15) is 0 Å². The molecular formula is C16H15N3O4. The van der Waals surface area contributed by atoms with Crippen LogP contribution in [0.5, 0.6) is 0 Å². The summed E-state index contributed by atoms with van der Waals surface area (Å²) < 4.78 is 0. The Kier molecular flexibility index (Phi) is 4.03. The standard InChI is InChI=1S/C16H15N3O4/c20-18(21)15-3-1-2-12(8-15)10-17-7-6-13-4-5-16(19(22)23)9-14(13)11-17/h1-5,8-9H,6-7,10-11H2. The molecule has 1 aliphatic heterocycles. The van der Waals surface area contributed by atoms with Crippen molar-refractivity contribution >= 4 is 11.4 Å². The third kappa shape index (κ3) is 3.35. The highest BCUT2D eigenvalue weighted by Crippen LogP contribution is 2.25. The van der Waals surface area contributed by atoms with E-state index in [4.69, 9.17) is 0 Å². The van der Waals surface area contributed by atoms with Crippen LogP contribution in [0.25, 0.3) is 0 Å². The SMILES string of the molecule is O=[N+]([O-])c1cccc(CN2CCc3ccc([N+](=O)[O-])cc3C2)c1. The van der Waals surface area contributed by atoms with Gasteiger partial charge in [-0.05, 0) is 23.1 Å². The molecule has 23 heavy (non-hydrogen) atoms. The number of fused-ring (bicyclic) bond motifs is 1. The molecule has 0 unspecified atom stereocenters. The van der Waals surface area contributed by atoms with Gasteiger partial charge in [0.25, 0.3) is 11.4 Å². The van der Waals surface area contributed by atoms with E-state index in [1.807, 2.05) is 12.1 Å². The van der Waals surface area contributed by atoms with Gasteiger partial charge in [0.05, 0.1) is 9.85 Å². The molecular weight excluding hydrogens is 298 g/mol. The minimum absolute atomic E-state index is 0.0792. The zero-order valence-electron chi connectivity index (χ0n) is 12.3. The van der Waals surface area contributed by atoms with E-state index in [1.165, 1.54) is 12.1 Å².